The lowest BCUT2D eigenvalue weighted by Gasteiger charge is -2.15. The van der Waals surface area contributed by atoms with Gasteiger partial charge in [-0.15, -0.1) is 0 Å². The van der Waals surface area contributed by atoms with Gasteiger partial charge < -0.3 is 14.8 Å². The topological polar surface area (TPSA) is 84.9 Å². The third kappa shape index (κ3) is 4.93. The molecule has 7 nitrogen and oxygen atoms in total. The Hall–Kier alpha value is -2.13. The van der Waals surface area contributed by atoms with E-state index in [1.807, 2.05) is 0 Å². The first kappa shape index (κ1) is 18.2. The van der Waals surface area contributed by atoms with Crippen molar-refractivity contribution in [3.63, 3.8) is 0 Å². The summed E-state index contributed by atoms with van der Waals surface area (Å²) in [6.07, 6.45) is 0. The van der Waals surface area contributed by atoms with E-state index in [4.69, 9.17) is 21.7 Å². The quantitative estimate of drug-likeness (QED) is 0.564. The lowest BCUT2D eigenvalue weighted by atomic mass is 10.2. The summed E-state index contributed by atoms with van der Waals surface area (Å²) in [5, 5.41) is 2.58. The molecule has 0 bridgehead atoms. The zero-order chi connectivity index (χ0) is 17.5. The normalized spacial score (nSPS) is 13.8. The van der Waals surface area contributed by atoms with E-state index in [0.29, 0.717) is 27.9 Å². The molecule has 1 N–H and O–H groups in total. The maximum atomic E-state index is 11.9. The summed E-state index contributed by atoms with van der Waals surface area (Å²) in [6, 6.07) is 6.45. The molecule has 1 aromatic rings. The number of carbonyl (C=O) groups is 3. The largest absolute Gasteiger partial charge is 0.497 e. The van der Waals surface area contributed by atoms with Gasteiger partial charge in [-0.1, -0.05) is 30.0 Å². The first-order valence-corrected chi connectivity index (χ1v) is 8.45. The van der Waals surface area contributed by atoms with Gasteiger partial charge in [0.1, 0.15) is 10.1 Å². The van der Waals surface area contributed by atoms with Crippen molar-refractivity contribution in [3.05, 3.63) is 29.8 Å². The van der Waals surface area contributed by atoms with Gasteiger partial charge in [-0.05, 0) is 18.2 Å². The van der Waals surface area contributed by atoms with Crippen LogP contribution in [0.15, 0.2) is 24.3 Å². The van der Waals surface area contributed by atoms with Crippen LogP contribution in [0.2, 0.25) is 0 Å². The summed E-state index contributed by atoms with van der Waals surface area (Å²) in [6.45, 7) is 0.144. The van der Waals surface area contributed by atoms with E-state index >= 15 is 0 Å². The molecule has 0 spiro atoms. The minimum absolute atomic E-state index is 0.0660. The fraction of sp³-hybridized carbons (Fsp3) is 0.333. The molecule has 0 aromatic heterocycles. The van der Waals surface area contributed by atoms with Crippen molar-refractivity contribution in [2.24, 2.45) is 0 Å². The molecule has 1 saturated heterocycles. The van der Waals surface area contributed by atoms with Crippen LogP contribution in [0.1, 0.15) is 10.4 Å². The Labute approximate surface area is 148 Å². The van der Waals surface area contributed by atoms with Crippen molar-refractivity contribution in [3.8, 4) is 5.75 Å². The molecule has 2 rings (SSSR count). The number of thiocarbonyl (C=S) groups is 1. The van der Waals surface area contributed by atoms with Crippen molar-refractivity contribution in [2.75, 3.05) is 32.6 Å². The van der Waals surface area contributed by atoms with Gasteiger partial charge in [0.2, 0.25) is 5.91 Å². The molecule has 0 aliphatic carbocycles. The van der Waals surface area contributed by atoms with E-state index < -0.39 is 18.5 Å². The van der Waals surface area contributed by atoms with E-state index in [0.717, 1.165) is 0 Å². The van der Waals surface area contributed by atoms with Crippen molar-refractivity contribution in [2.45, 2.75) is 0 Å². The van der Waals surface area contributed by atoms with Crippen molar-refractivity contribution in [1.82, 2.24) is 10.2 Å². The van der Waals surface area contributed by atoms with Gasteiger partial charge in [0.25, 0.3) is 5.91 Å². The SMILES string of the molecule is COc1cccc(C(=O)OCC(=O)NCCN2C(=O)CSC2=S)c1. The standard InChI is InChI=1S/C15H16N2O5S2/c1-21-11-4-2-3-10(7-11)14(20)22-8-12(18)16-5-6-17-13(19)9-24-15(17)23/h2-4,7H,5-6,8-9H2,1H3,(H,16,18). The first-order chi connectivity index (χ1) is 11.5. The molecule has 1 aromatic carbocycles. The molecule has 1 aliphatic rings. The molecular formula is C15H16N2O5S2. The van der Waals surface area contributed by atoms with E-state index in [9.17, 15) is 14.4 Å². The predicted molar refractivity (Wildman–Crippen MR) is 93.1 cm³/mol. The number of esters is 1. The number of ether oxygens (including phenoxy) is 2. The molecule has 24 heavy (non-hydrogen) atoms. The van der Waals surface area contributed by atoms with Crippen LogP contribution in [0.5, 0.6) is 5.75 Å². The van der Waals surface area contributed by atoms with Crippen molar-refractivity contribution < 1.29 is 23.9 Å². The number of nitrogens with one attached hydrogen (secondary N) is 1. The van der Waals surface area contributed by atoms with Gasteiger partial charge in [-0.3, -0.25) is 14.5 Å². The monoisotopic (exact) mass is 368 g/mol. The van der Waals surface area contributed by atoms with Gasteiger partial charge in [0.15, 0.2) is 6.61 Å². The highest BCUT2D eigenvalue weighted by molar-refractivity contribution is 8.23. The van der Waals surface area contributed by atoms with E-state index in [1.165, 1.54) is 29.8 Å². The minimum Gasteiger partial charge on any atom is -0.497 e. The number of rotatable bonds is 7. The van der Waals surface area contributed by atoms with Crippen LogP contribution in [0.3, 0.4) is 0 Å². The molecule has 0 atom stereocenters. The fourth-order valence-electron chi connectivity index (χ4n) is 1.92. The number of hydrogen-bond donors (Lipinski definition) is 1. The summed E-state index contributed by atoms with van der Waals surface area (Å²) in [4.78, 5) is 36.5. The molecular weight excluding hydrogens is 352 g/mol. The average molecular weight is 368 g/mol. The molecule has 9 heteroatoms. The number of nitrogens with zero attached hydrogens (tertiary/aromatic N) is 1. The minimum atomic E-state index is -0.614. The van der Waals surface area contributed by atoms with Crippen molar-refractivity contribution >= 4 is 46.1 Å². The molecule has 0 saturated carbocycles. The number of amides is 2. The third-order valence-electron chi connectivity index (χ3n) is 3.14. The maximum absolute atomic E-state index is 11.9. The first-order valence-electron chi connectivity index (χ1n) is 7.06. The highest BCUT2D eigenvalue weighted by Gasteiger charge is 2.25. The molecule has 0 unspecified atom stereocenters. The molecule has 0 radical (unpaired) electrons. The number of thioether (sulfide) groups is 1. The Kier molecular flexibility index (Phi) is 6.56. The molecule has 1 heterocycles. The highest BCUT2D eigenvalue weighted by atomic mass is 32.2. The second kappa shape index (κ2) is 8.65. The summed E-state index contributed by atoms with van der Waals surface area (Å²) < 4.78 is 10.5. The smallest absolute Gasteiger partial charge is 0.338 e. The van der Waals surface area contributed by atoms with Gasteiger partial charge in [0, 0.05) is 13.1 Å². The second-order valence-electron chi connectivity index (χ2n) is 4.76. The maximum Gasteiger partial charge on any atom is 0.338 e. The van der Waals surface area contributed by atoms with Gasteiger partial charge >= 0.3 is 5.97 Å². The Bertz CT molecular complexity index is 649. The lowest BCUT2D eigenvalue weighted by Crippen LogP contribution is -2.38. The van der Waals surface area contributed by atoms with Crippen LogP contribution < -0.4 is 10.1 Å². The van der Waals surface area contributed by atoms with Crippen LogP contribution in [0.25, 0.3) is 0 Å². The van der Waals surface area contributed by atoms with Gasteiger partial charge in [-0.25, -0.2) is 4.79 Å². The second-order valence-corrected chi connectivity index (χ2v) is 6.37. The Morgan fingerprint density at radius 2 is 2.21 bits per heavy atom. The van der Waals surface area contributed by atoms with Crippen LogP contribution in [-0.2, 0) is 14.3 Å². The van der Waals surface area contributed by atoms with Crippen LogP contribution in [0.4, 0.5) is 0 Å². The van der Waals surface area contributed by atoms with Gasteiger partial charge in [0.05, 0.1) is 18.4 Å². The van der Waals surface area contributed by atoms with Gasteiger partial charge in [-0.2, -0.15) is 0 Å². The van der Waals surface area contributed by atoms with Crippen LogP contribution in [0, 0.1) is 0 Å². The zero-order valence-corrected chi connectivity index (χ0v) is 14.6. The van der Waals surface area contributed by atoms with Crippen LogP contribution >= 0.6 is 24.0 Å². The highest BCUT2D eigenvalue weighted by Crippen LogP contribution is 2.18. The molecule has 128 valence electrons. The van der Waals surface area contributed by atoms with Crippen molar-refractivity contribution in [1.29, 1.82) is 0 Å². The number of hydrogen-bond acceptors (Lipinski definition) is 7. The molecule has 2 amide bonds. The number of carbonyl (C=O) groups excluding carboxylic acids is 3. The molecule has 1 aliphatic heterocycles. The zero-order valence-electron chi connectivity index (χ0n) is 12.9. The average Bonchev–Trinajstić information content (AvgIpc) is 2.91. The third-order valence-corrected chi connectivity index (χ3v) is 4.57. The predicted octanol–water partition coefficient (Wildman–Crippen LogP) is 0.829. The summed E-state index contributed by atoms with van der Waals surface area (Å²) in [5.41, 5.74) is 0.298. The Morgan fingerprint density at radius 1 is 1.42 bits per heavy atom. The summed E-state index contributed by atoms with van der Waals surface area (Å²) >= 11 is 6.33. The number of benzene rings is 1. The van der Waals surface area contributed by atoms with E-state index in [2.05, 4.69) is 5.32 Å². The molecule has 1 fully saturated rings. The Balaban J connectivity index is 1.71. The Morgan fingerprint density at radius 3 is 2.88 bits per heavy atom. The van der Waals surface area contributed by atoms with E-state index in [-0.39, 0.29) is 12.5 Å². The summed E-state index contributed by atoms with van der Waals surface area (Å²) in [7, 11) is 1.49. The summed E-state index contributed by atoms with van der Waals surface area (Å²) in [5.74, 6) is -0.264. The van der Waals surface area contributed by atoms with E-state index in [1.54, 1.807) is 18.2 Å². The fourth-order valence-corrected chi connectivity index (χ4v) is 3.04. The number of methoxy groups -OCH3 is 1. The van der Waals surface area contributed by atoms with Crippen LogP contribution in [-0.4, -0.2) is 59.6 Å². The lowest BCUT2D eigenvalue weighted by molar-refractivity contribution is -0.126.